The number of anilines is 1. The van der Waals surface area contributed by atoms with E-state index in [0.717, 1.165) is 62.6 Å². The number of nitrogens with zero attached hydrogens (tertiary/aromatic N) is 1. The molecule has 2 fully saturated rings. The van der Waals surface area contributed by atoms with E-state index in [1.54, 1.807) is 12.1 Å². The van der Waals surface area contributed by atoms with Crippen LogP contribution in [0.4, 0.5) is 10.5 Å². The summed E-state index contributed by atoms with van der Waals surface area (Å²) < 4.78 is 11.2. The van der Waals surface area contributed by atoms with Crippen molar-refractivity contribution >= 4 is 17.6 Å². The molecule has 1 aliphatic heterocycles. The van der Waals surface area contributed by atoms with Crippen LogP contribution in [0, 0.1) is 6.92 Å². The summed E-state index contributed by atoms with van der Waals surface area (Å²) in [6, 6.07) is 13.0. The Morgan fingerprint density at radius 3 is 2.73 bits per heavy atom. The third-order valence-electron chi connectivity index (χ3n) is 5.79. The van der Waals surface area contributed by atoms with Gasteiger partial charge in [-0.05, 0) is 55.2 Å². The first-order valence-corrected chi connectivity index (χ1v) is 11.5. The van der Waals surface area contributed by atoms with E-state index in [1.165, 1.54) is 0 Å². The fourth-order valence-corrected chi connectivity index (χ4v) is 3.61. The molecule has 0 bridgehead atoms. The first-order valence-electron chi connectivity index (χ1n) is 11.5. The van der Waals surface area contributed by atoms with Gasteiger partial charge in [0, 0.05) is 43.5 Å². The van der Waals surface area contributed by atoms with Crippen LogP contribution in [0.15, 0.2) is 42.5 Å². The lowest BCUT2D eigenvalue weighted by atomic mass is 10.1. The number of amides is 3. The van der Waals surface area contributed by atoms with Gasteiger partial charge >= 0.3 is 6.03 Å². The molecule has 2 aromatic carbocycles. The lowest BCUT2D eigenvalue weighted by Crippen LogP contribution is -2.38. The van der Waals surface area contributed by atoms with Crippen molar-refractivity contribution in [1.29, 1.82) is 0 Å². The number of urea groups is 1. The highest BCUT2D eigenvalue weighted by Crippen LogP contribution is 2.21. The molecule has 0 spiro atoms. The standard InChI is InChI=1S/C25H32N4O4/c1-18-5-6-20(24(30)27-21-7-8-21)16-23(18)28-25(31)26-17-19-3-2-4-22(15-19)33-14-11-29-9-12-32-13-10-29/h2-6,15-16,21H,7-14,17H2,1H3,(H,27,30)(H2,26,28,31). The van der Waals surface area contributed by atoms with Crippen molar-refractivity contribution < 1.29 is 19.1 Å². The van der Waals surface area contributed by atoms with E-state index in [9.17, 15) is 9.59 Å². The van der Waals surface area contributed by atoms with Gasteiger partial charge in [-0.1, -0.05) is 18.2 Å². The minimum absolute atomic E-state index is 0.105. The summed E-state index contributed by atoms with van der Waals surface area (Å²) in [6.07, 6.45) is 2.07. The summed E-state index contributed by atoms with van der Waals surface area (Å²) in [5, 5.41) is 8.69. The van der Waals surface area contributed by atoms with Gasteiger partial charge in [0.05, 0.1) is 13.2 Å². The molecular formula is C25H32N4O4. The number of aryl methyl sites for hydroxylation is 1. The number of nitrogens with one attached hydrogen (secondary N) is 3. The van der Waals surface area contributed by atoms with Crippen LogP contribution in [0.3, 0.4) is 0 Å². The van der Waals surface area contributed by atoms with Crippen molar-refractivity contribution in [2.45, 2.75) is 32.4 Å². The summed E-state index contributed by atoms with van der Waals surface area (Å²) in [6.45, 7) is 7.18. The highest BCUT2D eigenvalue weighted by atomic mass is 16.5. The van der Waals surface area contributed by atoms with Gasteiger partial charge in [0.2, 0.25) is 0 Å². The maximum Gasteiger partial charge on any atom is 0.319 e. The number of morpholine rings is 1. The Morgan fingerprint density at radius 2 is 1.94 bits per heavy atom. The van der Waals surface area contributed by atoms with Crippen molar-refractivity contribution in [3.63, 3.8) is 0 Å². The predicted octanol–water partition coefficient (Wildman–Crippen LogP) is 2.92. The van der Waals surface area contributed by atoms with Crippen LogP contribution >= 0.6 is 0 Å². The average Bonchev–Trinajstić information content (AvgIpc) is 3.64. The summed E-state index contributed by atoms with van der Waals surface area (Å²) >= 11 is 0. The van der Waals surface area contributed by atoms with Crippen LogP contribution in [0.1, 0.15) is 34.3 Å². The molecule has 0 aromatic heterocycles. The third kappa shape index (κ3) is 7.20. The van der Waals surface area contributed by atoms with Crippen molar-refractivity contribution in [2.24, 2.45) is 0 Å². The van der Waals surface area contributed by atoms with Gasteiger partial charge < -0.3 is 25.4 Å². The molecule has 3 N–H and O–H groups in total. The number of carbonyl (C=O) groups is 2. The zero-order valence-corrected chi connectivity index (χ0v) is 19.1. The van der Waals surface area contributed by atoms with Gasteiger partial charge in [-0.2, -0.15) is 0 Å². The molecule has 1 saturated carbocycles. The Labute approximate surface area is 194 Å². The molecule has 8 heteroatoms. The maximum absolute atomic E-state index is 12.5. The fraction of sp³-hybridized carbons (Fsp3) is 0.440. The highest BCUT2D eigenvalue weighted by molar-refractivity contribution is 5.97. The molecule has 2 aromatic rings. The van der Waals surface area contributed by atoms with E-state index >= 15 is 0 Å². The van der Waals surface area contributed by atoms with E-state index in [4.69, 9.17) is 9.47 Å². The largest absolute Gasteiger partial charge is 0.492 e. The molecule has 8 nitrogen and oxygen atoms in total. The van der Waals surface area contributed by atoms with Crippen LogP contribution in [-0.2, 0) is 11.3 Å². The van der Waals surface area contributed by atoms with E-state index < -0.39 is 0 Å². The zero-order valence-electron chi connectivity index (χ0n) is 19.1. The SMILES string of the molecule is Cc1ccc(C(=O)NC2CC2)cc1NC(=O)NCc1cccc(OCCN2CCOCC2)c1. The number of rotatable bonds is 9. The molecule has 33 heavy (non-hydrogen) atoms. The molecule has 0 radical (unpaired) electrons. The van der Waals surface area contributed by atoms with Crippen LogP contribution in [0.25, 0.3) is 0 Å². The molecule has 176 valence electrons. The van der Waals surface area contributed by atoms with E-state index in [0.29, 0.717) is 24.4 Å². The normalized spacial score (nSPS) is 16.2. The molecule has 1 saturated heterocycles. The summed E-state index contributed by atoms with van der Waals surface area (Å²) in [7, 11) is 0. The third-order valence-corrected chi connectivity index (χ3v) is 5.79. The monoisotopic (exact) mass is 452 g/mol. The molecule has 1 heterocycles. The van der Waals surface area contributed by atoms with Gasteiger partial charge in [0.25, 0.3) is 5.91 Å². The molecule has 1 aliphatic carbocycles. The Bertz CT molecular complexity index is 971. The van der Waals surface area contributed by atoms with Crippen LogP contribution in [0.2, 0.25) is 0 Å². The first kappa shape index (κ1) is 23.1. The highest BCUT2D eigenvalue weighted by Gasteiger charge is 2.24. The van der Waals surface area contributed by atoms with Crippen LogP contribution in [-0.4, -0.2) is 62.3 Å². The van der Waals surface area contributed by atoms with E-state index in [-0.39, 0.29) is 18.0 Å². The second-order valence-electron chi connectivity index (χ2n) is 8.53. The predicted molar refractivity (Wildman–Crippen MR) is 127 cm³/mol. The van der Waals surface area contributed by atoms with Gasteiger partial charge in [-0.15, -0.1) is 0 Å². The molecule has 2 aliphatic rings. The number of benzene rings is 2. The van der Waals surface area contributed by atoms with Crippen molar-refractivity contribution in [3.8, 4) is 5.75 Å². The Kier molecular flexibility index (Phi) is 7.80. The summed E-state index contributed by atoms with van der Waals surface area (Å²) in [4.78, 5) is 27.1. The van der Waals surface area contributed by atoms with Gasteiger partial charge in [-0.3, -0.25) is 9.69 Å². The van der Waals surface area contributed by atoms with Crippen molar-refractivity contribution in [2.75, 3.05) is 44.8 Å². The number of hydrogen-bond acceptors (Lipinski definition) is 5. The van der Waals surface area contributed by atoms with Gasteiger partial charge in [-0.25, -0.2) is 4.79 Å². The van der Waals surface area contributed by atoms with Crippen LogP contribution in [0.5, 0.6) is 5.75 Å². The molecule has 0 unspecified atom stereocenters. The number of carbonyl (C=O) groups excluding carboxylic acids is 2. The summed E-state index contributed by atoms with van der Waals surface area (Å²) in [5.74, 6) is 0.680. The maximum atomic E-state index is 12.5. The zero-order chi connectivity index (χ0) is 23.0. The van der Waals surface area contributed by atoms with Crippen LogP contribution < -0.4 is 20.7 Å². The Hall–Kier alpha value is -3.10. The van der Waals surface area contributed by atoms with Gasteiger partial charge in [0.15, 0.2) is 0 Å². The lowest BCUT2D eigenvalue weighted by molar-refractivity contribution is 0.0322. The molecule has 0 atom stereocenters. The number of hydrogen-bond donors (Lipinski definition) is 3. The Morgan fingerprint density at radius 1 is 1.12 bits per heavy atom. The summed E-state index contributed by atoms with van der Waals surface area (Å²) in [5.41, 5.74) is 3.01. The van der Waals surface area contributed by atoms with E-state index in [2.05, 4.69) is 20.9 Å². The second kappa shape index (κ2) is 11.2. The van der Waals surface area contributed by atoms with Crippen molar-refractivity contribution in [1.82, 2.24) is 15.5 Å². The quantitative estimate of drug-likeness (QED) is 0.544. The second-order valence-corrected chi connectivity index (χ2v) is 8.53. The molecule has 3 amide bonds. The molecule has 4 rings (SSSR count). The number of ether oxygens (including phenoxy) is 2. The molecular weight excluding hydrogens is 420 g/mol. The first-order chi connectivity index (χ1) is 16.1. The minimum Gasteiger partial charge on any atom is -0.492 e. The minimum atomic E-state index is -0.323. The Balaban J connectivity index is 1.24. The smallest absolute Gasteiger partial charge is 0.319 e. The lowest BCUT2D eigenvalue weighted by Gasteiger charge is -2.26. The average molecular weight is 453 g/mol. The van der Waals surface area contributed by atoms with Crippen molar-refractivity contribution in [3.05, 3.63) is 59.2 Å². The van der Waals surface area contributed by atoms with Gasteiger partial charge in [0.1, 0.15) is 12.4 Å². The fourth-order valence-electron chi connectivity index (χ4n) is 3.61. The van der Waals surface area contributed by atoms with E-state index in [1.807, 2.05) is 37.3 Å². The topological polar surface area (TPSA) is 91.9 Å².